The molecular formula is C14H14N2OS. The van der Waals surface area contributed by atoms with E-state index >= 15 is 0 Å². The summed E-state index contributed by atoms with van der Waals surface area (Å²) in [4.78, 5) is 14.2. The van der Waals surface area contributed by atoms with Crippen LogP contribution in [0.4, 0.5) is 5.69 Å². The molecule has 4 heteroatoms. The summed E-state index contributed by atoms with van der Waals surface area (Å²) < 4.78 is 0. The zero-order valence-corrected chi connectivity index (χ0v) is 10.7. The molecule has 2 atom stereocenters. The predicted molar refractivity (Wildman–Crippen MR) is 75.3 cm³/mol. The van der Waals surface area contributed by atoms with Crippen LogP contribution in [-0.2, 0) is 4.79 Å². The lowest BCUT2D eigenvalue weighted by molar-refractivity contribution is -0.122. The summed E-state index contributed by atoms with van der Waals surface area (Å²) in [5.74, 6) is 0.112. The summed E-state index contributed by atoms with van der Waals surface area (Å²) in [6.45, 7) is 0. The molecule has 18 heavy (non-hydrogen) atoms. The number of allylic oxidation sites excluding steroid dienone is 1. The molecule has 3 rings (SSSR count). The summed E-state index contributed by atoms with van der Waals surface area (Å²) in [7, 11) is 0. The van der Waals surface area contributed by atoms with Crippen LogP contribution in [0.5, 0.6) is 0 Å². The lowest BCUT2D eigenvalue weighted by Gasteiger charge is -2.40. The van der Waals surface area contributed by atoms with Crippen molar-refractivity contribution < 1.29 is 4.79 Å². The number of para-hydroxylation sites is 1. The van der Waals surface area contributed by atoms with Crippen molar-refractivity contribution in [1.29, 1.82) is 0 Å². The van der Waals surface area contributed by atoms with Crippen molar-refractivity contribution >= 4 is 28.9 Å². The maximum Gasteiger partial charge on any atom is 0.238 e. The molecule has 1 saturated heterocycles. The van der Waals surface area contributed by atoms with E-state index in [0.29, 0.717) is 5.11 Å². The van der Waals surface area contributed by atoms with E-state index in [0.717, 1.165) is 18.5 Å². The zero-order valence-electron chi connectivity index (χ0n) is 9.87. The second-order valence-corrected chi connectivity index (χ2v) is 5.00. The minimum Gasteiger partial charge on any atom is -0.358 e. The summed E-state index contributed by atoms with van der Waals surface area (Å²) in [6.07, 6.45) is 5.86. The molecule has 92 valence electrons. The maximum atomic E-state index is 12.5. The summed E-state index contributed by atoms with van der Waals surface area (Å²) in [6, 6.07) is 9.74. The van der Waals surface area contributed by atoms with Crippen LogP contribution in [0.25, 0.3) is 0 Å². The van der Waals surface area contributed by atoms with Gasteiger partial charge in [0, 0.05) is 6.04 Å². The Balaban J connectivity index is 1.94. The molecule has 1 heterocycles. The first-order chi connectivity index (χ1) is 8.77. The molecule has 0 unspecified atom stereocenters. The van der Waals surface area contributed by atoms with E-state index in [-0.39, 0.29) is 17.9 Å². The molecule has 1 aromatic rings. The van der Waals surface area contributed by atoms with E-state index in [9.17, 15) is 4.79 Å². The van der Waals surface area contributed by atoms with E-state index in [1.54, 1.807) is 4.90 Å². The number of fused-ring (bicyclic) bond motifs is 1. The molecule has 0 aromatic heterocycles. The van der Waals surface area contributed by atoms with Crippen molar-refractivity contribution in [2.45, 2.75) is 18.9 Å². The van der Waals surface area contributed by atoms with Crippen LogP contribution >= 0.6 is 12.2 Å². The van der Waals surface area contributed by atoms with E-state index in [2.05, 4.69) is 17.5 Å². The van der Waals surface area contributed by atoms with Crippen LogP contribution in [0.3, 0.4) is 0 Å². The van der Waals surface area contributed by atoms with E-state index in [1.165, 1.54) is 0 Å². The highest BCUT2D eigenvalue weighted by molar-refractivity contribution is 7.80. The van der Waals surface area contributed by atoms with E-state index in [1.807, 2.05) is 30.3 Å². The Hall–Kier alpha value is -1.68. The van der Waals surface area contributed by atoms with E-state index in [4.69, 9.17) is 12.2 Å². The molecule has 1 aliphatic heterocycles. The van der Waals surface area contributed by atoms with Gasteiger partial charge in [0.05, 0.1) is 11.6 Å². The van der Waals surface area contributed by atoms with Crippen molar-refractivity contribution in [2.75, 3.05) is 4.90 Å². The largest absolute Gasteiger partial charge is 0.358 e. The monoisotopic (exact) mass is 258 g/mol. The van der Waals surface area contributed by atoms with Crippen molar-refractivity contribution in [3.63, 3.8) is 0 Å². The van der Waals surface area contributed by atoms with Crippen LogP contribution in [-0.4, -0.2) is 17.1 Å². The fourth-order valence-corrected chi connectivity index (χ4v) is 2.90. The molecule has 1 N–H and O–H groups in total. The summed E-state index contributed by atoms with van der Waals surface area (Å²) in [5, 5.41) is 3.80. The van der Waals surface area contributed by atoms with Crippen LogP contribution < -0.4 is 10.2 Å². The van der Waals surface area contributed by atoms with Crippen LogP contribution in [0, 0.1) is 5.92 Å². The lowest BCUT2D eigenvalue weighted by Crippen LogP contribution is -2.60. The molecule has 0 saturated carbocycles. The summed E-state index contributed by atoms with van der Waals surface area (Å²) >= 11 is 5.32. The second-order valence-electron chi connectivity index (χ2n) is 4.61. The van der Waals surface area contributed by atoms with Gasteiger partial charge in [-0.05, 0) is 37.2 Å². The standard InChI is InChI=1S/C14H14N2OS/c17-13-11-8-4-5-9-12(11)15-14(18)16(13)10-6-2-1-3-7-10/h1-7,11-12H,8-9H2,(H,15,18)/t11-,12-/m1/s1. The smallest absolute Gasteiger partial charge is 0.238 e. The average molecular weight is 258 g/mol. The van der Waals surface area contributed by atoms with Crippen molar-refractivity contribution in [3.8, 4) is 0 Å². The topological polar surface area (TPSA) is 32.3 Å². The van der Waals surface area contributed by atoms with Gasteiger partial charge in [0.15, 0.2) is 5.11 Å². The first-order valence-electron chi connectivity index (χ1n) is 6.12. The molecule has 0 spiro atoms. The molecule has 1 amide bonds. The zero-order chi connectivity index (χ0) is 12.5. The quantitative estimate of drug-likeness (QED) is 0.619. The average Bonchev–Trinajstić information content (AvgIpc) is 2.40. The van der Waals surface area contributed by atoms with Gasteiger partial charge in [-0.1, -0.05) is 30.4 Å². The molecule has 1 fully saturated rings. The van der Waals surface area contributed by atoms with Gasteiger partial charge in [0.25, 0.3) is 0 Å². The van der Waals surface area contributed by atoms with Gasteiger partial charge in [-0.2, -0.15) is 0 Å². The van der Waals surface area contributed by atoms with Gasteiger partial charge in [-0.15, -0.1) is 0 Å². The number of nitrogens with one attached hydrogen (secondary N) is 1. The molecular weight excluding hydrogens is 244 g/mol. The number of thiocarbonyl (C=S) groups is 1. The highest BCUT2D eigenvalue weighted by Crippen LogP contribution is 2.28. The number of hydrogen-bond acceptors (Lipinski definition) is 2. The Kier molecular flexibility index (Phi) is 2.88. The Morgan fingerprint density at radius 3 is 2.67 bits per heavy atom. The highest BCUT2D eigenvalue weighted by atomic mass is 32.1. The number of nitrogens with zero attached hydrogens (tertiary/aromatic N) is 1. The third-order valence-electron chi connectivity index (χ3n) is 3.50. The first-order valence-corrected chi connectivity index (χ1v) is 6.53. The number of anilines is 1. The molecule has 1 aliphatic carbocycles. The Bertz CT molecular complexity index is 512. The SMILES string of the molecule is O=C1[C@@H]2CC=CC[C@H]2NC(=S)N1c1ccccc1. The third kappa shape index (κ3) is 1.82. The van der Waals surface area contributed by atoms with Gasteiger partial charge in [-0.3, -0.25) is 9.69 Å². The predicted octanol–water partition coefficient (Wildman–Crippen LogP) is 2.24. The first kappa shape index (κ1) is 11.4. The summed E-state index contributed by atoms with van der Waals surface area (Å²) in [5.41, 5.74) is 0.841. The van der Waals surface area contributed by atoms with Gasteiger partial charge < -0.3 is 5.32 Å². The fourth-order valence-electron chi connectivity index (χ4n) is 2.56. The second kappa shape index (κ2) is 4.53. The molecule has 0 bridgehead atoms. The minimum absolute atomic E-state index is 0.00176. The number of rotatable bonds is 1. The third-order valence-corrected chi connectivity index (χ3v) is 3.80. The maximum absolute atomic E-state index is 12.5. The number of amides is 1. The van der Waals surface area contributed by atoms with Gasteiger partial charge in [0.2, 0.25) is 5.91 Å². The van der Waals surface area contributed by atoms with Crippen molar-refractivity contribution in [3.05, 3.63) is 42.5 Å². The van der Waals surface area contributed by atoms with Crippen LogP contribution in [0.1, 0.15) is 12.8 Å². The molecule has 1 aromatic carbocycles. The minimum atomic E-state index is 0.00176. The molecule has 0 radical (unpaired) electrons. The normalized spacial score (nSPS) is 26.8. The van der Waals surface area contributed by atoms with Crippen molar-refractivity contribution in [2.24, 2.45) is 5.92 Å². The van der Waals surface area contributed by atoms with Crippen molar-refractivity contribution in [1.82, 2.24) is 5.32 Å². The van der Waals surface area contributed by atoms with Gasteiger partial charge in [0.1, 0.15) is 0 Å². The number of carbonyl (C=O) groups excluding carboxylic acids is 1. The Morgan fingerprint density at radius 1 is 1.17 bits per heavy atom. The highest BCUT2D eigenvalue weighted by Gasteiger charge is 2.39. The molecule has 2 aliphatic rings. The molecule has 3 nitrogen and oxygen atoms in total. The number of hydrogen-bond donors (Lipinski definition) is 1. The van der Waals surface area contributed by atoms with Gasteiger partial charge >= 0.3 is 0 Å². The number of carbonyl (C=O) groups is 1. The fraction of sp³-hybridized carbons (Fsp3) is 0.286. The Morgan fingerprint density at radius 2 is 1.89 bits per heavy atom. The van der Waals surface area contributed by atoms with Crippen LogP contribution in [0.2, 0.25) is 0 Å². The van der Waals surface area contributed by atoms with Gasteiger partial charge in [-0.25, -0.2) is 0 Å². The number of benzene rings is 1. The Labute approximate surface area is 111 Å². The van der Waals surface area contributed by atoms with Crippen LogP contribution in [0.15, 0.2) is 42.5 Å². The lowest BCUT2D eigenvalue weighted by atomic mass is 9.86. The van der Waals surface area contributed by atoms with E-state index < -0.39 is 0 Å².